The van der Waals surface area contributed by atoms with Crippen LogP contribution in [0.25, 0.3) is 0 Å². The molecule has 1 unspecified atom stereocenters. The largest absolute Gasteiger partial charge is 0.481 e. The highest BCUT2D eigenvalue weighted by molar-refractivity contribution is 5.76. The Labute approximate surface area is 125 Å². The first-order valence-electron chi connectivity index (χ1n) is 7.16. The molecule has 0 radical (unpaired) electrons. The van der Waals surface area contributed by atoms with Gasteiger partial charge in [0.2, 0.25) is 5.91 Å². The highest BCUT2D eigenvalue weighted by Crippen LogP contribution is 2.19. The van der Waals surface area contributed by atoms with Gasteiger partial charge < -0.3 is 10.4 Å². The summed E-state index contributed by atoms with van der Waals surface area (Å²) in [5.74, 6) is -0.941. The molecule has 0 aromatic carbocycles. The number of hydrogen-bond donors (Lipinski definition) is 2. The van der Waals surface area contributed by atoms with Gasteiger partial charge in [-0.05, 0) is 47.1 Å². The molecule has 0 bridgehead atoms. The number of amides is 1. The minimum atomic E-state index is -0.854. The molecule has 1 amide bonds. The summed E-state index contributed by atoms with van der Waals surface area (Å²) < 4.78 is 1.84. The summed E-state index contributed by atoms with van der Waals surface area (Å²) in [5.41, 5.74) is 1.14. The third-order valence-corrected chi connectivity index (χ3v) is 3.59. The molecule has 0 aliphatic carbocycles. The van der Waals surface area contributed by atoms with Crippen LogP contribution in [-0.4, -0.2) is 33.3 Å². The molecule has 0 saturated heterocycles. The van der Waals surface area contributed by atoms with Crippen molar-refractivity contribution in [2.24, 2.45) is 5.41 Å². The van der Waals surface area contributed by atoms with Gasteiger partial charge >= 0.3 is 5.97 Å². The monoisotopic (exact) mass is 295 g/mol. The van der Waals surface area contributed by atoms with Crippen LogP contribution in [-0.2, 0) is 9.59 Å². The maximum Gasteiger partial charge on any atom is 0.309 e. The van der Waals surface area contributed by atoms with Crippen LogP contribution in [0.15, 0.2) is 6.07 Å². The average molecular weight is 295 g/mol. The lowest BCUT2D eigenvalue weighted by Crippen LogP contribution is -2.32. The van der Waals surface area contributed by atoms with Crippen LogP contribution in [0, 0.1) is 19.3 Å². The highest BCUT2D eigenvalue weighted by atomic mass is 16.4. The first-order valence-corrected chi connectivity index (χ1v) is 7.16. The van der Waals surface area contributed by atoms with E-state index in [1.165, 1.54) is 0 Å². The van der Waals surface area contributed by atoms with Gasteiger partial charge in [0.05, 0.1) is 17.2 Å². The third kappa shape index (κ3) is 4.88. The van der Waals surface area contributed by atoms with Crippen LogP contribution in [0.5, 0.6) is 0 Å². The zero-order valence-corrected chi connectivity index (χ0v) is 13.4. The van der Waals surface area contributed by atoms with E-state index in [9.17, 15) is 9.59 Å². The van der Waals surface area contributed by atoms with Crippen molar-refractivity contribution in [1.29, 1.82) is 0 Å². The number of hydrogen-bond acceptors (Lipinski definition) is 3. The van der Waals surface area contributed by atoms with E-state index in [1.807, 2.05) is 31.5 Å². The molecule has 1 aromatic heterocycles. The summed E-state index contributed by atoms with van der Waals surface area (Å²) in [5, 5.41) is 16.2. The molecule has 1 aromatic rings. The Hall–Kier alpha value is -1.85. The first kappa shape index (κ1) is 17.2. The van der Waals surface area contributed by atoms with E-state index in [2.05, 4.69) is 10.4 Å². The minimum absolute atomic E-state index is 0.0221. The van der Waals surface area contributed by atoms with Gasteiger partial charge in [-0.25, -0.2) is 0 Å². The van der Waals surface area contributed by atoms with Crippen LogP contribution in [0.3, 0.4) is 0 Å². The standard InChI is InChI=1S/C15H25N3O3/c1-10-8-11(2)18(17-10)12(3)9-13(19)16-7-6-15(4,5)14(20)21/h8,12H,6-7,9H2,1-5H3,(H,16,19)(H,20,21). The molecular weight excluding hydrogens is 270 g/mol. The SMILES string of the molecule is Cc1cc(C)n(C(C)CC(=O)NCCC(C)(C)C(=O)O)n1. The number of rotatable bonds is 7. The van der Waals surface area contributed by atoms with Crippen molar-refractivity contribution >= 4 is 11.9 Å². The smallest absolute Gasteiger partial charge is 0.309 e. The lowest BCUT2D eigenvalue weighted by Gasteiger charge is -2.19. The van der Waals surface area contributed by atoms with E-state index in [0.29, 0.717) is 19.4 Å². The molecule has 21 heavy (non-hydrogen) atoms. The molecule has 0 aliphatic rings. The Balaban J connectivity index is 2.44. The van der Waals surface area contributed by atoms with Crippen molar-refractivity contribution in [2.45, 2.75) is 53.5 Å². The fraction of sp³-hybridized carbons (Fsp3) is 0.667. The average Bonchev–Trinajstić information content (AvgIpc) is 2.67. The topological polar surface area (TPSA) is 84.2 Å². The molecule has 6 heteroatoms. The van der Waals surface area contributed by atoms with E-state index < -0.39 is 11.4 Å². The van der Waals surface area contributed by atoms with Gasteiger partial charge in [-0.3, -0.25) is 14.3 Å². The van der Waals surface area contributed by atoms with Crippen molar-refractivity contribution in [1.82, 2.24) is 15.1 Å². The fourth-order valence-electron chi connectivity index (χ4n) is 2.14. The van der Waals surface area contributed by atoms with Crippen LogP contribution in [0.2, 0.25) is 0 Å². The second-order valence-electron chi connectivity index (χ2n) is 6.21. The van der Waals surface area contributed by atoms with E-state index in [4.69, 9.17) is 5.11 Å². The molecule has 0 spiro atoms. The molecule has 6 nitrogen and oxygen atoms in total. The van der Waals surface area contributed by atoms with Crippen LogP contribution in [0.4, 0.5) is 0 Å². The number of carboxylic acids is 1. The van der Waals surface area contributed by atoms with E-state index in [1.54, 1.807) is 13.8 Å². The van der Waals surface area contributed by atoms with Crippen molar-refractivity contribution in [2.75, 3.05) is 6.54 Å². The Morgan fingerprint density at radius 2 is 2.05 bits per heavy atom. The molecule has 1 rings (SSSR count). The second-order valence-corrected chi connectivity index (χ2v) is 6.21. The molecule has 2 N–H and O–H groups in total. The molecule has 118 valence electrons. The number of carboxylic acid groups (broad SMARTS) is 1. The van der Waals surface area contributed by atoms with Gasteiger partial charge in [-0.1, -0.05) is 0 Å². The number of nitrogens with one attached hydrogen (secondary N) is 1. The Morgan fingerprint density at radius 1 is 1.43 bits per heavy atom. The van der Waals surface area contributed by atoms with Crippen molar-refractivity contribution in [3.8, 4) is 0 Å². The maximum absolute atomic E-state index is 11.9. The summed E-state index contributed by atoms with van der Waals surface area (Å²) in [6, 6.07) is 1.95. The summed E-state index contributed by atoms with van der Waals surface area (Å²) in [6.45, 7) is 9.50. The predicted octanol–water partition coefficient (Wildman–Crippen LogP) is 2.07. The van der Waals surface area contributed by atoms with E-state index >= 15 is 0 Å². The van der Waals surface area contributed by atoms with Crippen LogP contribution >= 0.6 is 0 Å². The van der Waals surface area contributed by atoms with Crippen molar-refractivity contribution in [3.05, 3.63) is 17.5 Å². The number of carbonyl (C=O) groups excluding carboxylic acids is 1. The minimum Gasteiger partial charge on any atom is -0.481 e. The zero-order chi connectivity index (χ0) is 16.2. The van der Waals surface area contributed by atoms with Gasteiger partial charge in [0.25, 0.3) is 0 Å². The normalized spacial score (nSPS) is 13.0. The Bertz CT molecular complexity index is 520. The fourth-order valence-corrected chi connectivity index (χ4v) is 2.14. The number of aryl methyl sites for hydroxylation is 2. The zero-order valence-electron chi connectivity index (χ0n) is 13.4. The molecule has 1 atom stereocenters. The highest BCUT2D eigenvalue weighted by Gasteiger charge is 2.26. The number of carbonyl (C=O) groups is 2. The molecule has 1 heterocycles. The Kier molecular flexibility index (Phi) is 5.52. The quantitative estimate of drug-likeness (QED) is 0.806. The summed E-state index contributed by atoms with van der Waals surface area (Å²) >= 11 is 0. The first-order chi connectivity index (χ1) is 9.63. The predicted molar refractivity (Wildman–Crippen MR) is 80.1 cm³/mol. The van der Waals surface area contributed by atoms with Gasteiger partial charge in [0.15, 0.2) is 0 Å². The van der Waals surface area contributed by atoms with Gasteiger partial charge in [-0.15, -0.1) is 0 Å². The second kappa shape index (κ2) is 6.74. The van der Waals surface area contributed by atoms with Crippen LogP contribution < -0.4 is 5.32 Å². The van der Waals surface area contributed by atoms with Crippen molar-refractivity contribution in [3.63, 3.8) is 0 Å². The summed E-state index contributed by atoms with van der Waals surface area (Å²) in [6.07, 6.45) is 0.734. The third-order valence-electron chi connectivity index (χ3n) is 3.59. The van der Waals surface area contributed by atoms with E-state index in [0.717, 1.165) is 11.4 Å². The summed E-state index contributed by atoms with van der Waals surface area (Å²) in [4.78, 5) is 22.9. The van der Waals surface area contributed by atoms with Gasteiger partial charge in [0.1, 0.15) is 0 Å². The van der Waals surface area contributed by atoms with Crippen molar-refractivity contribution < 1.29 is 14.7 Å². The lowest BCUT2D eigenvalue weighted by molar-refractivity contribution is -0.147. The number of aliphatic carboxylic acids is 1. The van der Waals surface area contributed by atoms with Crippen LogP contribution in [0.1, 0.15) is 51.0 Å². The molecule has 0 saturated carbocycles. The summed E-state index contributed by atoms with van der Waals surface area (Å²) in [7, 11) is 0. The van der Waals surface area contributed by atoms with Gasteiger partial charge in [-0.2, -0.15) is 5.10 Å². The number of nitrogens with zero attached hydrogens (tertiary/aromatic N) is 2. The molecular formula is C15H25N3O3. The lowest BCUT2D eigenvalue weighted by atomic mass is 9.90. The number of aromatic nitrogens is 2. The maximum atomic E-state index is 11.9. The van der Waals surface area contributed by atoms with E-state index in [-0.39, 0.29) is 11.9 Å². The van der Waals surface area contributed by atoms with Gasteiger partial charge in [0, 0.05) is 18.7 Å². The Morgan fingerprint density at radius 3 is 2.52 bits per heavy atom. The molecule has 0 fully saturated rings. The molecule has 0 aliphatic heterocycles.